The topological polar surface area (TPSA) is 61.5 Å². The highest BCUT2D eigenvalue weighted by Crippen LogP contribution is 2.33. The molecule has 2 N–H and O–H groups in total. The summed E-state index contributed by atoms with van der Waals surface area (Å²) in [6, 6.07) is 13.2. The molecule has 2 aromatic rings. The molecular weight excluding hydrogens is 225 g/mol. The largest absolute Gasteiger partial charge is 0.751 e. The van der Waals surface area contributed by atoms with E-state index in [2.05, 4.69) is 4.52 Å². The second-order valence-electron chi connectivity index (χ2n) is 3.09. The minimum atomic E-state index is -2.21. The fraction of sp³-hybridized carbons (Fsp3) is 0.0909. The average Bonchev–Trinajstić information content (AvgIpc) is 2.30. The number of hydrogen-bond acceptors (Lipinski definition) is 4. The highest BCUT2D eigenvalue weighted by molar-refractivity contribution is 7.33. The van der Waals surface area contributed by atoms with Crippen molar-refractivity contribution in [3.8, 4) is 5.75 Å². The van der Waals surface area contributed by atoms with Crippen molar-refractivity contribution in [2.24, 2.45) is 5.73 Å². The van der Waals surface area contributed by atoms with Gasteiger partial charge < -0.3 is 5.73 Å². The highest BCUT2D eigenvalue weighted by Gasteiger charge is 2.22. The molecule has 4 nitrogen and oxygen atoms in total. The number of hydrogen-bond donors (Lipinski definition) is 1. The second kappa shape index (κ2) is 5.03. The highest BCUT2D eigenvalue weighted by atomic mass is 31.1. The minimum Gasteiger partial charge on any atom is -0.304 e. The van der Waals surface area contributed by atoms with Crippen LogP contribution in [0.1, 0.15) is 0 Å². The van der Waals surface area contributed by atoms with E-state index in [4.69, 9.17) is 10.3 Å². The Kier molecular flexibility index (Phi) is 3.47. The molecule has 0 aliphatic rings. The Hall–Kier alpha value is -1.48. The smallest absolute Gasteiger partial charge is 0.304 e. The van der Waals surface area contributed by atoms with Crippen LogP contribution < -0.4 is 10.3 Å². The molecule has 1 atom stereocenters. The molecule has 0 heterocycles. The van der Waals surface area contributed by atoms with E-state index >= 15 is 0 Å². The van der Waals surface area contributed by atoms with Gasteiger partial charge in [0.15, 0.2) is 12.5 Å². The van der Waals surface area contributed by atoms with Crippen molar-refractivity contribution in [2.75, 3.05) is 6.73 Å². The molecular formula is C11H11NO3P+. The molecule has 16 heavy (non-hydrogen) atoms. The van der Waals surface area contributed by atoms with Crippen LogP contribution in [0, 0.1) is 0 Å². The van der Waals surface area contributed by atoms with Gasteiger partial charge in [-0.25, -0.2) is 4.52 Å². The van der Waals surface area contributed by atoms with Gasteiger partial charge in [0.2, 0.25) is 0 Å². The Labute approximate surface area is 93.9 Å². The van der Waals surface area contributed by atoms with E-state index in [-0.39, 0.29) is 6.73 Å². The summed E-state index contributed by atoms with van der Waals surface area (Å²) in [5, 5.41) is 1.92. The third kappa shape index (κ3) is 2.36. The molecule has 82 valence electrons. The Morgan fingerprint density at radius 3 is 2.69 bits per heavy atom. The van der Waals surface area contributed by atoms with Gasteiger partial charge in [-0.05, 0) is 11.5 Å². The Balaban J connectivity index is 2.33. The van der Waals surface area contributed by atoms with Gasteiger partial charge in [-0.3, -0.25) is 0 Å². The van der Waals surface area contributed by atoms with Gasteiger partial charge in [-0.15, -0.1) is 0 Å². The van der Waals surface area contributed by atoms with Gasteiger partial charge in [0.25, 0.3) is 0 Å². The van der Waals surface area contributed by atoms with Crippen molar-refractivity contribution >= 4 is 19.0 Å². The van der Waals surface area contributed by atoms with Gasteiger partial charge in [0, 0.05) is 9.95 Å². The minimum absolute atomic E-state index is 0.125. The first-order valence-electron chi connectivity index (χ1n) is 4.77. The van der Waals surface area contributed by atoms with Crippen molar-refractivity contribution in [3.05, 3.63) is 42.5 Å². The maximum Gasteiger partial charge on any atom is 0.751 e. The number of rotatable bonds is 4. The monoisotopic (exact) mass is 236 g/mol. The molecule has 5 heteroatoms. The summed E-state index contributed by atoms with van der Waals surface area (Å²) in [5.41, 5.74) is 5.11. The summed E-state index contributed by atoms with van der Waals surface area (Å²) < 4.78 is 21.1. The zero-order chi connectivity index (χ0) is 11.4. The summed E-state index contributed by atoms with van der Waals surface area (Å²) in [5.74, 6) is 0.535. The first-order chi connectivity index (χ1) is 7.81. The number of nitrogens with two attached hydrogens (primary N) is 1. The quantitative estimate of drug-likeness (QED) is 0.655. The lowest BCUT2D eigenvalue weighted by atomic mass is 10.1. The predicted octanol–water partition coefficient (Wildman–Crippen LogP) is 2.81. The van der Waals surface area contributed by atoms with Crippen molar-refractivity contribution in [2.45, 2.75) is 0 Å². The van der Waals surface area contributed by atoms with Crippen molar-refractivity contribution in [1.82, 2.24) is 0 Å². The van der Waals surface area contributed by atoms with Crippen LogP contribution in [-0.4, -0.2) is 6.73 Å². The van der Waals surface area contributed by atoms with Crippen LogP contribution in [0.25, 0.3) is 10.8 Å². The molecule has 0 amide bonds. The van der Waals surface area contributed by atoms with Crippen LogP contribution in [0.4, 0.5) is 0 Å². The van der Waals surface area contributed by atoms with E-state index in [1.807, 2.05) is 36.4 Å². The molecule has 0 aromatic heterocycles. The maximum atomic E-state index is 11.3. The van der Waals surface area contributed by atoms with Gasteiger partial charge in [0.1, 0.15) is 0 Å². The Morgan fingerprint density at radius 1 is 1.12 bits per heavy atom. The fourth-order valence-corrected chi connectivity index (χ4v) is 1.94. The third-order valence-electron chi connectivity index (χ3n) is 2.10. The summed E-state index contributed by atoms with van der Waals surface area (Å²) in [7, 11) is -2.21. The lowest BCUT2D eigenvalue weighted by molar-refractivity contribution is 0.295. The molecule has 0 fully saturated rings. The summed E-state index contributed by atoms with van der Waals surface area (Å²) in [6.07, 6.45) is 0. The van der Waals surface area contributed by atoms with Crippen LogP contribution in [0.2, 0.25) is 0 Å². The molecule has 0 radical (unpaired) electrons. The van der Waals surface area contributed by atoms with Crippen LogP contribution in [0.3, 0.4) is 0 Å². The standard InChI is InChI=1S/C11H11NO3P/c12-8-14-16(13)15-11-7-3-5-9-4-1-2-6-10(9)11/h1-7H,8,12H2/q+1. The number of fused-ring (bicyclic) bond motifs is 1. The van der Waals surface area contributed by atoms with Gasteiger partial charge >= 0.3 is 8.25 Å². The van der Waals surface area contributed by atoms with E-state index in [0.29, 0.717) is 5.75 Å². The van der Waals surface area contributed by atoms with Crippen LogP contribution in [-0.2, 0) is 9.09 Å². The van der Waals surface area contributed by atoms with Gasteiger partial charge in [-0.1, -0.05) is 40.9 Å². The number of benzene rings is 2. The Bertz CT molecular complexity index is 510. The molecule has 0 saturated carbocycles. The zero-order valence-electron chi connectivity index (χ0n) is 8.50. The summed E-state index contributed by atoms with van der Waals surface area (Å²) in [6.45, 7) is -0.125. The molecule has 0 saturated heterocycles. The van der Waals surface area contributed by atoms with Crippen molar-refractivity contribution in [1.29, 1.82) is 0 Å². The SMILES string of the molecule is NCO[P+](=O)Oc1cccc2ccccc12. The summed E-state index contributed by atoms with van der Waals surface area (Å²) in [4.78, 5) is 0. The molecule has 2 aromatic carbocycles. The van der Waals surface area contributed by atoms with Crippen LogP contribution in [0.15, 0.2) is 42.5 Å². The molecule has 0 aliphatic carbocycles. The van der Waals surface area contributed by atoms with Crippen molar-refractivity contribution < 1.29 is 13.6 Å². The first-order valence-corrected chi connectivity index (χ1v) is 5.87. The fourth-order valence-electron chi connectivity index (χ4n) is 1.44. The molecule has 0 spiro atoms. The zero-order valence-corrected chi connectivity index (χ0v) is 9.39. The normalized spacial score (nSPS) is 11.4. The maximum absolute atomic E-state index is 11.3. The summed E-state index contributed by atoms with van der Waals surface area (Å²) >= 11 is 0. The van der Waals surface area contributed by atoms with E-state index < -0.39 is 8.25 Å². The van der Waals surface area contributed by atoms with Crippen LogP contribution >= 0.6 is 8.25 Å². The third-order valence-corrected chi connectivity index (χ3v) is 2.81. The average molecular weight is 236 g/mol. The van der Waals surface area contributed by atoms with E-state index in [0.717, 1.165) is 10.8 Å². The van der Waals surface area contributed by atoms with Crippen molar-refractivity contribution in [3.63, 3.8) is 0 Å². The lowest BCUT2D eigenvalue weighted by Crippen LogP contribution is -2.00. The predicted molar refractivity (Wildman–Crippen MR) is 62.3 cm³/mol. The second-order valence-corrected chi connectivity index (χ2v) is 3.98. The molecule has 2 rings (SSSR count). The molecule has 1 unspecified atom stereocenters. The van der Waals surface area contributed by atoms with Gasteiger partial charge in [-0.2, -0.15) is 0 Å². The Morgan fingerprint density at radius 2 is 1.88 bits per heavy atom. The van der Waals surface area contributed by atoms with E-state index in [1.165, 1.54) is 0 Å². The van der Waals surface area contributed by atoms with E-state index in [1.54, 1.807) is 6.07 Å². The first kappa shape index (κ1) is 11.0. The molecule has 0 bridgehead atoms. The van der Waals surface area contributed by atoms with E-state index in [9.17, 15) is 4.57 Å². The lowest BCUT2D eigenvalue weighted by Gasteiger charge is -1.99. The molecule has 0 aliphatic heterocycles. The van der Waals surface area contributed by atoms with Gasteiger partial charge in [0.05, 0.1) is 0 Å². The van der Waals surface area contributed by atoms with Crippen LogP contribution in [0.5, 0.6) is 5.75 Å².